The summed E-state index contributed by atoms with van der Waals surface area (Å²) in [4.78, 5) is 42.0. The molecule has 10 heteroatoms. The van der Waals surface area contributed by atoms with Crippen molar-refractivity contribution in [3.63, 3.8) is 0 Å². The molecule has 0 saturated carbocycles. The number of aliphatic hydroxyl groups excluding tert-OH is 1. The molecule has 3 unspecified atom stereocenters. The van der Waals surface area contributed by atoms with Crippen LogP contribution in [0.2, 0.25) is 0 Å². The molecule has 10 nitrogen and oxygen atoms in total. The fraction of sp³-hybridized carbons (Fsp3) is 0.571. The van der Waals surface area contributed by atoms with E-state index >= 15 is 0 Å². The highest BCUT2D eigenvalue weighted by Gasteiger charge is 2.30. The number of carboxylic acid groups (broad SMARTS) is 1. The maximum absolute atomic E-state index is 12.4. The highest BCUT2D eigenvalue weighted by atomic mass is 16.4. The maximum atomic E-state index is 12.4. The van der Waals surface area contributed by atoms with E-state index in [0.717, 1.165) is 0 Å². The lowest BCUT2D eigenvalue weighted by molar-refractivity contribution is -0.142. The average Bonchev–Trinajstić information content (AvgIpc) is 3.03. The molecule has 0 saturated heterocycles. The number of aliphatic hydroxyl groups is 1. The van der Waals surface area contributed by atoms with Gasteiger partial charge in [0.15, 0.2) is 0 Å². The van der Waals surface area contributed by atoms with Crippen molar-refractivity contribution >= 4 is 17.8 Å². The van der Waals surface area contributed by atoms with Gasteiger partial charge in [-0.25, -0.2) is 9.78 Å². The molecule has 0 aliphatic rings. The number of nitrogens with two attached hydrogens (primary N) is 1. The number of amides is 2. The first kappa shape index (κ1) is 19.6. The topological polar surface area (TPSA) is 170 Å². The molecule has 0 fully saturated rings. The fourth-order valence-electron chi connectivity index (χ4n) is 1.96. The van der Waals surface area contributed by atoms with E-state index in [9.17, 15) is 19.5 Å². The van der Waals surface area contributed by atoms with E-state index in [1.54, 1.807) is 13.8 Å². The van der Waals surface area contributed by atoms with Crippen molar-refractivity contribution in [3.8, 4) is 0 Å². The van der Waals surface area contributed by atoms with Gasteiger partial charge in [0, 0.05) is 18.3 Å². The van der Waals surface area contributed by atoms with Crippen LogP contribution in [0, 0.1) is 5.92 Å². The first-order valence-corrected chi connectivity index (χ1v) is 7.43. The van der Waals surface area contributed by atoms with E-state index < -0.39 is 42.5 Å². The van der Waals surface area contributed by atoms with Crippen LogP contribution in [-0.2, 0) is 20.8 Å². The Kier molecular flexibility index (Phi) is 7.33. The van der Waals surface area contributed by atoms with Gasteiger partial charge in [-0.1, -0.05) is 13.8 Å². The summed E-state index contributed by atoms with van der Waals surface area (Å²) < 4.78 is 0. The summed E-state index contributed by atoms with van der Waals surface area (Å²) in [5.74, 6) is -2.84. The number of carboxylic acids is 1. The third kappa shape index (κ3) is 5.63. The first-order valence-electron chi connectivity index (χ1n) is 7.43. The average molecular weight is 341 g/mol. The molecule has 1 aromatic rings. The molecule has 0 aromatic carbocycles. The van der Waals surface area contributed by atoms with Crippen LogP contribution >= 0.6 is 0 Å². The van der Waals surface area contributed by atoms with Crippen molar-refractivity contribution in [1.29, 1.82) is 0 Å². The lowest BCUT2D eigenvalue weighted by Gasteiger charge is -2.24. The van der Waals surface area contributed by atoms with Crippen molar-refractivity contribution in [2.75, 3.05) is 6.61 Å². The zero-order chi connectivity index (χ0) is 18.3. The molecule has 3 atom stereocenters. The normalized spacial score (nSPS) is 14.7. The molecule has 0 bridgehead atoms. The largest absolute Gasteiger partial charge is 0.480 e. The standard InChI is InChI=1S/C14H23N5O5/c1-7(2)11(19-12(21)9(15)5-20)13(22)18-10(14(23)24)3-8-4-16-6-17-8/h4,6-7,9-11,20H,3,5,15H2,1-2H3,(H,16,17)(H,18,22)(H,19,21)(H,23,24). The van der Waals surface area contributed by atoms with Crippen LogP contribution in [0.5, 0.6) is 0 Å². The summed E-state index contributed by atoms with van der Waals surface area (Å²) >= 11 is 0. The van der Waals surface area contributed by atoms with Crippen LogP contribution in [0.25, 0.3) is 0 Å². The molecule has 0 aliphatic carbocycles. The van der Waals surface area contributed by atoms with E-state index in [4.69, 9.17) is 10.8 Å². The lowest BCUT2D eigenvalue weighted by atomic mass is 10.0. The molecule has 134 valence electrons. The summed E-state index contributed by atoms with van der Waals surface area (Å²) in [6, 6.07) is -3.30. The monoisotopic (exact) mass is 341 g/mol. The Morgan fingerprint density at radius 2 is 1.96 bits per heavy atom. The number of carbonyl (C=O) groups is 3. The number of carbonyl (C=O) groups excluding carboxylic acids is 2. The van der Waals surface area contributed by atoms with Gasteiger partial charge < -0.3 is 31.6 Å². The summed E-state index contributed by atoms with van der Waals surface area (Å²) in [6.45, 7) is 2.83. The van der Waals surface area contributed by atoms with Crippen LogP contribution in [0.1, 0.15) is 19.5 Å². The number of H-pyrrole nitrogens is 1. The zero-order valence-corrected chi connectivity index (χ0v) is 13.5. The number of hydrogen-bond donors (Lipinski definition) is 6. The molecule has 24 heavy (non-hydrogen) atoms. The Labute approximate surface area is 138 Å². The first-order chi connectivity index (χ1) is 11.3. The molecule has 1 aromatic heterocycles. The van der Waals surface area contributed by atoms with Crippen molar-refractivity contribution in [1.82, 2.24) is 20.6 Å². The number of aromatic nitrogens is 2. The Morgan fingerprint density at radius 3 is 2.42 bits per heavy atom. The number of aromatic amines is 1. The molecule has 0 spiro atoms. The second-order valence-electron chi connectivity index (χ2n) is 5.70. The maximum Gasteiger partial charge on any atom is 0.326 e. The van der Waals surface area contributed by atoms with E-state index in [-0.39, 0.29) is 12.3 Å². The van der Waals surface area contributed by atoms with E-state index in [0.29, 0.717) is 5.69 Å². The van der Waals surface area contributed by atoms with Crippen molar-refractivity contribution < 1.29 is 24.6 Å². The second-order valence-corrected chi connectivity index (χ2v) is 5.70. The number of rotatable bonds is 9. The predicted molar refractivity (Wildman–Crippen MR) is 83.7 cm³/mol. The summed E-state index contributed by atoms with van der Waals surface area (Å²) in [6.07, 6.45) is 2.89. The zero-order valence-electron chi connectivity index (χ0n) is 13.5. The van der Waals surface area contributed by atoms with Crippen LogP contribution in [0.15, 0.2) is 12.5 Å². The molecule has 0 aliphatic heterocycles. The van der Waals surface area contributed by atoms with Crippen molar-refractivity contribution in [2.45, 2.75) is 38.4 Å². The Hall–Kier alpha value is -2.46. The second kappa shape index (κ2) is 8.99. The van der Waals surface area contributed by atoms with Gasteiger partial charge in [-0.15, -0.1) is 0 Å². The minimum absolute atomic E-state index is 0.0238. The van der Waals surface area contributed by atoms with Gasteiger partial charge in [-0.3, -0.25) is 9.59 Å². The minimum atomic E-state index is -1.21. The van der Waals surface area contributed by atoms with Gasteiger partial charge in [0.1, 0.15) is 18.1 Å². The van der Waals surface area contributed by atoms with E-state index in [1.165, 1.54) is 12.5 Å². The van der Waals surface area contributed by atoms with Crippen LogP contribution in [-0.4, -0.2) is 62.7 Å². The number of aliphatic carboxylic acids is 1. The predicted octanol–water partition coefficient (Wildman–Crippen LogP) is -2.02. The number of nitrogens with zero attached hydrogens (tertiary/aromatic N) is 1. The molecule has 1 heterocycles. The quantitative estimate of drug-likeness (QED) is 0.301. The van der Waals surface area contributed by atoms with Crippen molar-refractivity contribution in [3.05, 3.63) is 18.2 Å². The van der Waals surface area contributed by atoms with Gasteiger partial charge in [0.2, 0.25) is 11.8 Å². The third-order valence-electron chi connectivity index (χ3n) is 3.37. The SMILES string of the molecule is CC(C)C(NC(=O)C(N)CO)C(=O)NC(Cc1cnc[nH]1)C(=O)O. The Morgan fingerprint density at radius 1 is 1.29 bits per heavy atom. The number of imidazole rings is 1. The van der Waals surface area contributed by atoms with Crippen LogP contribution < -0.4 is 16.4 Å². The summed E-state index contributed by atoms with van der Waals surface area (Å²) in [5.41, 5.74) is 5.96. The molecule has 1 rings (SSSR count). The smallest absolute Gasteiger partial charge is 0.326 e. The van der Waals surface area contributed by atoms with Gasteiger partial charge >= 0.3 is 5.97 Å². The van der Waals surface area contributed by atoms with Gasteiger partial charge in [-0.05, 0) is 5.92 Å². The number of hydrogen-bond acceptors (Lipinski definition) is 6. The molecule has 2 amide bonds. The lowest BCUT2D eigenvalue weighted by Crippen LogP contribution is -2.57. The molecular formula is C14H23N5O5. The fourth-order valence-corrected chi connectivity index (χ4v) is 1.96. The molecule has 0 radical (unpaired) electrons. The van der Waals surface area contributed by atoms with Crippen molar-refractivity contribution in [2.24, 2.45) is 11.7 Å². The van der Waals surface area contributed by atoms with Gasteiger partial charge in [0.05, 0.1) is 12.9 Å². The van der Waals surface area contributed by atoms with E-state index in [1.807, 2.05) is 0 Å². The van der Waals surface area contributed by atoms with Gasteiger partial charge in [0.25, 0.3) is 0 Å². The highest BCUT2D eigenvalue weighted by Crippen LogP contribution is 2.05. The summed E-state index contributed by atoms with van der Waals surface area (Å²) in [7, 11) is 0. The highest BCUT2D eigenvalue weighted by molar-refractivity contribution is 5.92. The molecular weight excluding hydrogens is 318 g/mol. The third-order valence-corrected chi connectivity index (χ3v) is 3.37. The summed E-state index contributed by atoms with van der Waals surface area (Å²) in [5, 5.41) is 23.0. The van der Waals surface area contributed by atoms with Gasteiger partial charge in [-0.2, -0.15) is 0 Å². The number of nitrogens with one attached hydrogen (secondary N) is 3. The van der Waals surface area contributed by atoms with E-state index in [2.05, 4.69) is 20.6 Å². The van der Waals surface area contributed by atoms with Crippen LogP contribution in [0.4, 0.5) is 0 Å². The Balaban J connectivity index is 2.77. The van der Waals surface area contributed by atoms with Crippen LogP contribution in [0.3, 0.4) is 0 Å². The minimum Gasteiger partial charge on any atom is -0.480 e. The molecule has 7 N–H and O–H groups in total. The Bertz CT molecular complexity index is 560.